The summed E-state index contributed by atoms with van der Waals surface area (Å²) in [5.41, 5.74) is 0.413. The van der Waals surface area contributed by atoms with Crippen molar-refractivity contribution < 1.29 is 14.3 Å². The molecule has 2 rings (SSSR count). The number of aryl methyl sites for hydroxylation is 1. The molecule has 1 atom stereocenters. The van der Waals surface area contributed by atoms with Gasteiger partial charge >= 0.3 is 5.97 Å². The molecule has 0 aromatic carbocycles. The molecule has 0 saturated carbocycles. The minimum Gasteiger partial charge on any atom is -0.480 e. The summed E-state index contributed by atoms with van der Waals surface area (Å²) in [4.78, 5) is 22.6. The van der Waals surface area contributed by atoms with Crippen LogP contribution in [0.4, 0.5) is 10.2 Å². The Bertz CT molecular complexity index is 489. The van der Waals surface area contributed by atoms with Crippen LogP contribution in [0.15, 0.2) is 6.33 Å². The second-order valence-electron chi connectivity index (χ2n) is 4.85. The van der Waals surface area contributed by atoms with Crippen LogP contribution in [0.5, 0.6) is 0 Å². The Morgan fingerprint density at radius 3 is 2.60 bits per heavy atom. The fourth-order valence-electron chi connectivity index (χ4n) is 2.34. The molecule has 1 aliphatic heterocycles. The lowest BCUT2D eigenvalue weighted by Gasteiger charge is -2.37. The van der Waals surface area contributed by atoms with Gasteiger partial charge in [0.05, 0.1) is 5.69 Å². The zero-order chi connectivity index (χ0) is 14.7. The maximum absolute atomic E-state index is 14.2. The maximum Gasteiger partial charge on any atom is 0.320 e. The lowest BCUT2D eigenvalue weighted by molar-refractivity contribution is -0.142. The van der Waals surface area contributed by atoms with E-state index in [1.807, 2.05) is 16.7 Å². The van der Waals surface area contributed by atoms with Gasteiger partial charge in [-0.15, -0.1) is 0 Å². The van der Waals surface area contributed by atoms with Crippen LogP contribution in [0.25, 0.3) is 0 Å². The molecule has 7 heteroatoms. The Morgan fingerprint density at radius 1 is 1.40 bits per heavy atom. The van der Waals surface area contributed by atoms with Crippen molar-refractivity contribution in [3.63, 3.8) is 0 Å². The maximum atomic E-state index is 14.2. The van der Waals surface area contributed by atoms with Crippen LogP contribution in [0.2, 0.25) is 0 Å². The number of carbonyl (C=O) groups is 1. The van der Waals surface area contributed by atoms with Crippen molar-refractivity contribution in [2.24, 2.45) is 0 Å². The lowest BCUT2D eigenvalue weighted by Crippen LogP contribution is -2.52. The van der Waals surface area contributed by atoms with E-state index in [1.165, 1.54) is 6.33 Å². The van der Waals surface area contributed by atoms with Gasteiger partial charge in [0.15, 0.2) is 11.6 Å². The molecule has 6 nitrogen and oxygen atoms in total. The zero-order valence-electron chi connectivity index (χ0n) is 11.7. The Hall–Kier alpha value is -1.76. The molecule has 1 aliphatic rings. The zero-order valence-corrected chi connectivity index (χ0v) is 11.7. The third-order valence-electron chi connectivity index (χ3n) is 3.70. The molecule has 20 heavy (non-hydrogen) atoms. The molecule has 2 heterocycles. The summed E-state index contributed by atoms with van der Waals surface area (Å²) in [6.45, 7) is 5.81. The van der Waals surface area contributed by atoms with Crippen LogP contribution in [-0.4, -0.2) is 58.2 Å². The Kier molecular flexibility index (Phi) is 4.49. The average molecular weight is 282 g/mol. The fourth-order valence-corrected chi connectivity index (χ4v) is 2.34. The molecule has 110 valence electrons. The van der Waals surface area contributed by atoms with Crippen LogP contribution in [0.3, 0.4) is 0 Å². The standard InChI is InChI=1S/C13H19FN4O2/c1-3-10-11(14)12(16-8-15-10)18-6-4-17(5-7-18)9(2)13(19)20/h8-9H,3-7H2,1-2H3,(H,19,20). The second kappa shape index (κ2) is 6.13. The van der Waals surface area contributed by atoms with Gasteiger partial charge in [-0.1, -0.05) is 6.92 Å². The van der Waals surface area contributed by atoms with Crippen LogP contribution in [0.1, 0.15) is 19.5 Å². The van der Waals surface area contributed by atoms with Gasteiger partial charge < -0.3 is 10.0 Å². The van der Waals surface area contributed by atoms with E-state index >= 15 is 0 Å². The summed E-state index contributed by atoms with van der Waals surface area (Å²) in [6, 6.07) is -0.515. The van der Waals surface area contributed by atoms with Crippen LogP contribution in [0, 0.1) is 5.82 Å². The highest BCUT2D eigenvalue weighted by Crippen LogP contribution is 2.20. The number of nitrogens with zero attached hydrogens (tertiary/aromatic N) is 4. The molecule has 1 fully saturated rings. The molecule has 1 aromatic heterocycles. The summed E-state index contributed by atoms with van der Waals surface area (Å²) < 4.78 is 14.2. The third-order valence-corrected chi connectivity index (χ3v) is 3.70. The number of halogens is 1. The van der Waals surface area contributed by atoms with Gasteiger partial charge in [0.2, 0.25) is 0 Å². The van der Waals surface area contributed by atoms with Gasteiger partial charge in [0.25, 0.3) is 0 Å². The molecule has 0 bridgehead atoms. The van der Waals surface area contributed by atoms with Crippen molar-refractivity contribution in [2.45, 2.75) is 26.3 Å². The largest absolute Gasteiger partial charge is 0.480 e. The predicted molar refractivity (Wildman–Crippen MR) is 72.3 cm³/mol. The number of aliphatic carboxylic acids is 1. The summed E-state index contributed by atoms with van der Waals surface area (Å²) in [5.74, 6) is -0.880. The SMILES string of the molecule is CCc1ncnc(N2CCN(C(C)C(=O)O)CC2)c1F. The number of carboxylic acids is 1. The normalized spacial score (nSPS) is 18.1. The molecule has 0 amide bonds. The Balaban J connectivity index is 2.06. The van der Waals surface area contributed by atoms with Crippen LogP contribution >= 0.6 is 0 Å². The molecule has 1 unspecified atom stereocenters. The Morgan fingerprint density at radius 2 is 2.05 bits per heavy atom. The van der Waals surface area contributed by atoms with E-state index in [9.17, 15) is 9.18 Å². The quantitative estimate of drug-likeness (QED) is 0.880. The number of aromatic nitrogens is 2. The molecule has 0 radical (unpaired) electrons. The van der Waals surface area contributed by atoms with E-state index in [0.717, 1.165) is 0 Å². The summed E-state index contributed by atoms with van der Waals surface area (Å²) in [6.07, 6.45) is 1.90. The lowest BCUT2D eigenvalue weighted by atomic mass is 10.2. The van der Waals surface area contributed by atoms with Gasteiger partial charge in [0, 0.05) is 26.2 Å². The highest BCUT2D eigenvalue weighted by atomic mass is 19.1. The van der Waals surface area contributed by atoms with E-state index in [0.29, 0.717) is 44.1 Å². The van der Waals surface area contributed by atoms with Gasteiger partial charge in [-0.05, 0) is 13.3 Å². The van der Waals surface area contributed by atoms with E-state index < -0.39 is 12.0 Å². The van der Waals surface area contributed by atoms with Gasteiger partial charge in [-0.2, -0.15) is 0 Å². The van der Waals surface area contributed by atoms with Crippen molar-refractivity contribution in [3.8, 4) is 0 Å². The molecule has 1 saturated heterocycles. The van der Waals surface area contributed by atoms with E-state index in [1.54, 1.807) is 6.92 Å². The minimum absolute atomic E-state index is 0.319. The first-order valence-electron chi connectivity index (χ1n) is 6.75. The number of anilines is 1. The minimum atomic E-state index is -0.833. The first-order valence-corrected chi connectivity index (χ1v) is 6.75. The van der Waals surface area contributed by atoms with Crippen molar-refractivity contribution in [2.75, 3.05) is 31.1 Å². The van der Waals surface area contributed by atoms with Crippen LogP contribution < -0.4 is 4.90 Å². The number of piperazine rings is 1. The second-order valence-corrected chi connectivity index (χ2v) is 4.85. The smallest absolute Gasteiger partial charge is 0.320 e. The van der Waals surface area contributed by atoms with Gasteiger partial charge in [-0.3, -0.25) is 9.69 Å². The molecular weight excluding hydrogens is 263 g/mol. The van der Waals surface area contributed by atoms with Crippen molar-refractivity contribution in [1.29, 1.82) is 0 Å². The highest BCUT2D eigenvalue weighted by molar-refractivity contribution is 5.72. The summed E-state index contributed by atoms with van der Waals surface area (Å²) in [5, 5.41) is 8.99. The number of hydrogen-bond donors (Lipinski definition) is 1. The topological polar surface area (TPSA) is 69.6 Å². The van der Waals surface area contributed by atoms with Crippen molar-refractivity contribution >= 4 is 11.8 Å². The molecular formula is C13H19FN4O2. The van der Waals surface area contributed by atoms with Gasteiger partial charge in [0.1, 0.15) is 12.4 Å². The third kappa shape index (κ3) is 2.87. The first kappa shape index (κ1) is 14.6. The van der Waals surface area contributed by atoms with Crippen molar-refractivity contribution in [1.82, 2.24) is 14.9 Å². The highest BCUT2D eigenvalue weighted by Gasteiger charge is 2.27. The monoisotopic (exact) mass is 282 g/mol. The first-order chi connectivity index (χ1) is 9.54. The predicted octanol–water partition coefficient (Wildman–Crippen LogP) is 0.773. The summed E-state index contributed by atoms with van der Waals surface area (Å²) >= 11 is 0. The number of carboxylic acid groups (broad SMARTS) is 1. The molecule has 1 aromatic rings. The molecule has 0 aliphatic carbocycles. The molecule has 0 spiro atoms. The van der Waals surface area contributed by atoms with E-state index in [-0.39, 0.29) is 5.82 Å². The van der Waals surface area contributed by atoms with E-state index in [4.69, 9.17) is 5.11 Å². The Labute approximate surface area is 117 Å². The molecule has 1 N–H and O–H groups in total. The number of hydrogen-bond acceptors (Lipinski definition) is 5. The van der Waals surface area contributed by atoms with Gasteiger partial charge in [-0.25, -0.2) is 14.4 Å². The summed E-state index contributed by atoms with van der Waals surface area (Å²) in [7, 11) is 0. The fraction of sp³-hybridized carbons (Fsp3) is 0.615. The van der Waals surface area contributed by atoms with Crippen LogP contribution in [-0.2, 0) is 11.2 Å². The number of rotatable bonds is 4. The average Bonchev–Trinajstić information content (AvgIpc) is 2.47. The van der Waals surface area contributed by atoms with Crippen molar-refractivity contribution in [3.05, 3.63) is 17.8 Å². The van der Waals surface area contributed by atoms with E-state index in [2.05, 4.69) is 9.97 Å².